The third-order valence-corrected chi connectivity index (χ3v) is 5.59. The summed E-state index contributed by atoms with van der Waals surface area (Å²) in [6.45, 7) is 4.85. The van der Waals surface area contributed by atoms with Gasteiger partial charge in [-0.15, -0.1) is 0 Å². The molecule has 0 radical (unpaired) electrons. The highest BCUT2D eigenvalue weighted by molar-refractivity contribution is 6.32. The Hall–Kier alpha value is -2.75. The van der Waals surface area contributed by atoms with Crippen LogP contribution in [0.1, 0.15) is 25.2 Å². The molecule has 3 aromatic rings. The average molecular weight is 484 g/mol. The Labute approximate surface area is 192 Å². The maximum atomic E-state index is 13.9. The van der Waals surface area contributed by atoms with Gasteiger partial charge in [0.05, 0.1) is 28.2 Å². The van der Waals surface area contributed by atoms with Gasteiger partial charge in [-0.05, 0) is 38.1 Å². The van der Waals surface area contributed by atoms with Crippen molar-refractivity contribution in [2.24, 2.45) is 0 Å². The quantitative estimate of drug-likeness (QED) is 0.523. The first-order valence-corrected chi connectivity index (χ1v) is 10.6. The standard InChI is InChI=1S/C23H21ClF3NO5/c1-12-9-28(10-13(2)31-12)11-15-17(29)8-7-14-19(30)21(22(23(25,26)27)33-20(14)15)32-18-6-4-3-5-16(18)24/h3-8,12-13,29H,9-11H2,1-2H3/t12-,13-/m0/s1. The zero-order valence-corrected chi connectivity index (χ0v) is 18.5. The lowest BCUT2D eigenvalue weighted by Gasteiger charge is -2.35. The fourth-order valence-corrected chi connectivity index (χ4v) is 4.17. The summed E-state index contributed by atoms with van der Waals surface area (Å²) in [5, 5.41) is 10.3. The van der Waals surface area contributed by atoms with Gasteiger partial charge in [-0.1, -0.05) is 23.7 Å². The lowest BCUT2D eigenvalue weighted by Crippen LogP contribution is -2.44. The second kappa shape index (κ2) is 8.89. The van der Waals surface area contributed by atoms with Crippen molar-refractivity contribution < 1.29 is 32.2 Å². The highest BCUT2D eigenvalue weighted by Gasteiger charge is 2.41. The SMILES string of the molecule is C[C@H]1CN(Cc2c(O)ccc3c(=O)c(Oc4ccccc4Cl)c(C(F)(F)F)oc23)C[C@H](C)O1. The summed E-state index contributed by atoms with van der Waals surface area (Å²) >= 11 is 6.00. The first kappa shape index (κ1) is 23.4. The number of morpholine rings is 1. The van der Waals surface area contributed by atoms with Gasteiger partial charge in [-0.25, -0.2) is 0 Å². The van der Waals surface area contributed by atoms with Gasteiger partial charge in [-0.3, -0.25) is 9.69 Å². The lowest BCUT2D eigenvalue weighted by molar-refractivity contribution is -0.154. The van der Waals surface area contributed by atoms with Gasteiger partial charge >= 0.3 is 6.18 Å². The minimum Gasteiger partial charge on any atom is -0.507 e. The fourth-order valence-electron chi connectivity index (χ4n) is 3.99. The molecule has 1 saturated heterocycles. The number of benzene rings is 2. The van der Waals surface area contributed by atoms with Crippen LogP contribution in [0, 0.1) is 0 Å². The highest BCUT2D eigenvalue weighted by atomic mass is 35.5. The predicted molar refractivity (Wildman–Crippen MR) is 116 cm³/mol. The Bertz CT molecular complexity index is 1230. The van der Waals surface area contributed by atoms with Crippen LogP contribution in [0.15, 0.2) is 45.6 Å². The molecule has 1 aliphatic heterocycles. The van der Waals surface area contributed by atoms with Crippen LogP contribution < -0.4 is 10.2 Å². The van der Waals surface area contributed by atoms with Gasteiger partial charge in [0.1, 0.15) is 17.1 Å². The van der Waals surface area contributed by atoms with Crippen LogP contribution in [0.4, 0.5) is 13.2 Å². The Morgan fingerprint density at radius 1 is 1.15 bits per heavy atom. The number of rotatable bonds is 4. The molecule has 33 heavy (non-hydrogen) atoms. The largest absolute Gasteiger partial charge is 0.507 e. The molecule has 0 spiro atoms. The van der Waals surface area contributed by atoms with Crippen molar-refractivity contribution >= 4 is 22.6 Å². The summed E-state index contributed by atoms with van der Waals surface area (Å²) in [4.78, 5) is 15.1. The Morgan fingerprint density at radius 2 is 1.82 bits per heavy atom. The molecule has 0 saturated carbocycles. The molecule has 0 amide bonds. The lowest BCUT2D eigenvalue weighted by atomic mass is 10.1. The first-order valence-electron chi connectivity index (χ1n) is 10.2. The van der Waals surface area contributed by atoms with E-state index in [2.05, 4.69) is 0 Å². The van der Waals surface area contributed by atoms with Crippen molar-refractivity contribution in [2.75, 3.05) is 13.1 Å². The fraction of sp³-hybridized carbons (Fsp3) is 0.348. The number of ether oxygens (including phenoxy) is 2. The van der Waals surface area contributed by atoms with Crippen LogP contribution in [0.25, 0.3) is 11.0 Å². The van der Waals surface area contributed by atoms with Crippen molar-refractivity contribution in [3.63, 3.8) is 0 Å². The minimum absolute atomic E-state index is 0.0343. The van der Waals surface area contributed by atoms with Crippen LogP contribution in [0.3, 0.4) is 0 Å². The topological polar surface area (TPSA) is 72.1 Å². The Kier molecular flexibility index (Phi) is 6.30. The normalized spacial score (nSPS) is 19.7. The van der Waals surface area contributed by atoms with Crippen LogP contribution in [-0.2, 0) is 17.5 Å². The molecule has 1 aliphatic rings. The minimum atomic E-state index is -5.03. The average Bonchev–Trinajstić information content (AvgIpc) is 2.72. The van der Waals surface area contributed by atoms with E-state index in [0.717, 1.165) is 0 Å². The van der Waals surface area contributed by atoms with Gasteiger partial charge in [0.25, 0.3) is 5.76 Å². The number of aromatic hydroxyl groups is 1. The molecule has 2 aromatic carbocycles. The Morgan fingerprint density at radius 3 is 2.45 bits per heavy atom. The number of phenols is 1. The van der Waals surface area contributed by atoms with Gasteiger partial charge in [-0.2, -0.15) is 13.2 Å². The van der Waals surface area contributed by atoms with E-state index in [1.165, 1.54) is 30.3 Å². The molecule has 176 valence electrons. The molecular formula is C23H21ClF3NO5. The van der Waals surface area contributed by atoms with Crippen LogP contribution in [-0.4, -0.2) is 35.3 Å². The number of hydrogen-bond acceptors (Lipinski definition) is 6. The van der Waals surface area contributed by atoms with Gasteiger partial charge < -0.3 is 19.0 Å². The summed E-state index contributed by atoms with van der Waals surface area (Å²) in [7, 11) is 0. The van der Waals surface area contributed by atoms with E-state index in [-0.39, 0.29) is 51.8 Å². The van der Waals surface area contributed by atoms with Crippen molar-refractivity contribution in [1.82, 2.24) is 4.90 Å². The number of para-hydroxylation sites is 1. The van der Waals surface area contributed by atoms with E-state index < -0.39 is 23.1 Å². The summed E-state index contributed by atoms with van der Waals surface area (Å²) in [5.41, 5.74) is -1.28. The maximum absolute atomic E-state index is 13.9. The number of halogens is 4. The third-order valence-electron chi connectivity index (χ3n) is 5.28. The van der Waals surface area contributed by atoms with Crippen molar-refractivity contribution in [3.8, 4) is 17.2 Å². The van der Waals surface area contributed by atoms with Crippen LogP contribution in [0.5, 0.6) is 17.2 Å². The van der Waals surface area contributed by atoms with E-state index in [1.54, 1.807) is 6.07 Å². The van der Waals surface area contributed by atoms with Crippen LogP contribution >= 0.6 is 11.6 Å². The van der Waals surface area contributed by atoms with E-state index >= 15 is 0 Å². The zero-order valence-electron chi connectivity index (χ0n) is 17.8. The molecule has 1 fully saturated rings. The molecular weight excluding hydrogens is 463 g/mol. The Balaban J connectivity index is 1.87. The van der Waals surface area contributed by atoms with Crippen molar-refractivity contribution in [2.45, 2.75) is 38.8 Å². The molecule has 6 nitrogen and oxygen atoms in total. The molecule has 1 N–H and O–H groups in total. The molecule has 10 heteroatoms. The molecule has 0 bridgehead atoms. The second-order valence-corrected chi connectivity index (χ2v) is 8.42. The van der Waals surface area contributed by atoms with E-state index in [0.29, 0.717) is 13.1 Å². The summed E-state index contributed by atoms with van der Waals surface area (Å²) in [6, 6.07) is 8.32. The third kappa shape index (κ3) is 4.80. The maximum Gasteiger partial charge on any atom is 0.453 e. The molecule has 4 rings (SSSR count). The molecule has 2 heterocycles. The number of hydrogen-bond donors (Lipinski definition) is 1. The molecule has 1 aromatic heterocycles. The molecule has 0 aliphatic carbocycles. The monoisotopic (exact) mass is 483 g/mol. The predicted octanol–water partition coefficient (Wildman–Crippen LogP) is 5.57. The van der Waals surface area contributed by atoms with Crippen LogP contribution in [0.2, 0.25) is 5.02 Å². The van der Waals surface area contributed by atoms with Gasteiger partial charge in [0, 0.05) is 19.6 Å². The number of fused-ring (bicyclic) bond motifs is 1. The van der Waals surface area contributed by atoms with Gasteiger partial charge in [0.15, 0.2) is 0 Å². The first-order chi connectivity index (χ1) is 15.5. The van der Waals surface area contributed by atoms with Gasteiger partial charge in [0.2, 0.25) is 11.2 Å². The molecule has 2 atom stereocenters. The van der Waals surface area contributed by atoms with Crippen molar-refractivity contribution in [3.05, 3.63) is 63.0 Å². The summed E-state index contributed by atoms with van der Waals surface area (Å²) < 4.78 is 58.0. The smallest absolute Gasteiger partial charge is 0.453 e. The zero-order chi connectivity index (χ0) is 23.9. The number of phenolic OH excluding ortho intramolecular Hbond substituents is 1. The van der Waals surface area contributed by atoms with E-state index in [4.69, 9.17) is 25.5 Å². The second-order valence-electron chi connectivity index (χ2n) is 8.01. The summed E-state index contributed by atoms with van der Waals surface area (Å²) in [6.07, 6.45) is -5.23. The summed E-state index contributed by atoms with van der Waals surface area (Å²) in [5.74, 6) is -3.01. The van der Waals surface area contributed by atoms with E-state index in [9.17, 15) is 23.1 Å². The number of nitrogens with zero attached hydrogens (tertiary/aromatic N) is 1. The van der Waals surface area contributed by atoms with E-state index in [1.807, 2.05) is 18.7 Å². The molecule has 0 unspecified atom stereocenters. The number of alkyl halides is 3. The highest BCUT2D eigenvalue weighted by Crippen LogP contribution is 2.41. The van der Waals surface area contributed by atoms with Crippen molar-refractivity contribution in [1.29, 1.82) is 0 Å².